The van der Waals surface area contributed by atoms with Crippen molar-refractivity contribution in [1.29, 1.82) is 0 Å². The van der Waals surface area contributed by atoms with Crippen LogP contribution >= 0.6 is 0 Å². The molecule has 2 N–H and O–H groups in total. The van der Waals surface area contributed by atoms with Crippen LogP contribution in [0.3, 0.4) is 0 Å². The van der Waals surface area contributed by atoms with Crippen LogP contribution in [0.1, 0.15) is 31.2 Å². The van der Waals surface area contributed by atoms with E-state index in [1.807, 2.05) is 49.3 Å². The molecule has 2 aliphatic rings. The van der Waals surface area contributed by atoms with Crippen LogP contribution < -0.4 is 29.7 Å². The molecule has 0 unspecified atom stereocenters. The predicted molar refractivity (Wildman–Crippen MR) is 134 cm³/mol. The van der Waals surface area contributed by atoms with E-state index in [0.717, 1.165) is 65.7 Å². The molecule has 0 spiro atoms. The highest BCUT2D eigenvalue weighted by atomic mass is 16.7. The molecule has 5 rings (SSSR count). The molecule has 2 aromatic carbocycles. The van der Waals surface area contributed by atoms with E-state index in [0.29, 0.717) is 17.7 Å². The Morgan fingerprint density at radius 2 is 1.88 bits per heavy atom. The smallest absolute Gasteiger partial charge is 0.231 e. The molecular formula is C26H33N5O3. The summed E-state index contributed by atoms with van der Waals surface area (Å²) in [6, 6.07) is 12.6. The van der Waals surface area contributed by atoms with Gasteiger partial charge in [0, 0.05) is 32.1 Å². The largest absolute Gasteiger partial charge is 0.493 e. The van der Waals surface area contributed by atoms with Crippen LogP contribution in [-0.2, 0) is 6.54 Å². The third-order valence-electron chi connectivity index (χ3n) is 6.67. The highest BCUT2D eigenvalue weighted by Gasteiger charge is 2.23. The lowest BCUT2D eigenvalue weighted by Crippen LogP contribution is -2.31. The first-order valence-corrected chi connectivity index (χ1v) is 12.0. The maximum Gasteiger partial charge on any atom is 0.231 e. The lowest BCUT2D eigenvalue weighted by atomic mass is 9.86. The van der Waals surface area contributed by atoms with Crippen molar-refractivity contribution in [3.63, 3.8) is 0 Å². The highest BCUT2D eigenvalue weighted by Crippen LogP contribution is 2.41. The van der Waals surface area contributed by atoms with Crippen molar-refractivity contribution in [2.45, 2.75) is 38.3 Å². The van der Waals surface area contributed by atoms with E-state index in [1.54, 1.807) is 7.11 Å². The number of nitrogens with one attached hydrogen (secondary N) is 2. The minimum atomic E-state index is 0.251. The van der Waals surface area contributed by atoms with E-state index in [-0.39, 0.29) is 6.79 Å². The molecule has 3 aromatic rings. The summed E-state index contributed by atoms with van der Waals surface area (Å²) in [5.74, 6) is 4.53. The number of ether oxygens (including phenoxy) is 3. The lowest BCUT2D eigenvalue weighted by Gasteiger charge is -2.29. The molecule has 0 atom stereocenters. The highest BCUT2D eigenvalue weighted by molar-refractivity contribution is 5.90. The molecule has 0 saturated heterocycles. The van der Waals surface area contributed by atoms with Gasteiger partial charge in [-0.15, -0.1) is 0 Å². The number of nitrogens with zero attached hydrogens (tertiary/aromatic N) is 3. The standard InChI is InChI=1S/C26H33N5O3/c1-31(2)25-20-6-4-5-7-21(20)29-26(30-25)28-19-10-8-17(9-11-19)14-27-15-18-12-22(32-3)24-23(13-18)33-16-34-24/h4-7,12-13,17,19,27H,8-11,14-16H2,1-3H3,(H,28,29,30). The molecule has 1 saturated carbocycles. The Labute approximate surface area is 200 Å². The summed E-state index contributed by atoms with van der Waals surface area (Å²) < 4.78 is 16.5. The second kappa shape index (κ2) is 9.93. The summed E-state index contributed by atoms with van der Waals surface area (Å²) >= 11 is 0. The van der Waals surface area contributed by atoms with Crippen LogP contribution in [0.2, 0.25) is 0 Å². The fourth-order valence-electron chi connectivity index (χ4n) is 4.87. The molecule has 8 heteroatoms. The zero-order valence-corrected chi connectivity index (χ0v) is 20.1. The number of benzene rings is 2. The summed E-state index contributed by atoms with van der Waals surface area (Å²) in [6.07, 6.45) is 4.61. The number of methoxy groups -OCH3 is 1. The summed E-state index contributed by atoms with van der Waals surface area (Å²) in [4.78, 5) is 11.6. The van der Waals surface area contributed by atoms with E-state index < -0.39 is 0 Å². The molecule has 0 bridgehead atoms. The van der Waals surface area contributed by atoms with E-state index in [2.05, 4.69) is 16.7 Å². The third-order valence-corrected chi connectivity index (χ3v) is 6.67. The van der Waals surface area contributed by atoms with Crippen molar-refractivity contribution in [2.24, 2.45) is 5.92 Å². The topological polar surface area (TPSA) is 80.8 Å². The zero-order chi connectivity index (χ0) is 23.5. The molecule has 1 aliphatic carbocycles. The Bertz CT molecular complexity index is 1140. The first-order chi connectivity index (χ1) is 16.6. The summed E-state index contributed by atoms with van der Waals surface area (Å²) in [7, 11) is 5.71. The van der Waals surface area contributed by atoms with Gasteiger partial charge in [-0.25, -0.2) is 4.98 Å². The van der Waals surface area contributed by atoms with Crippen LogP contribution in [0, 0.1) is 5.92 Å². The van der Waals surface area contributed by atoms with Gasteiger partial charge in [0.25, 0.3) is 0 Å². The molecule has 0 radical (unpaired) electrons. The SMILES string of the molecule is COc1cc(CNCC2CCC(Nc3nc(N(C)C)c4ccccc4n3)CC2)cc2c1OCO2. The second-order valence-corrected chi connectivity index (χ2v) is 9.31. The van der Waals surface area contributed by atoms with Gasteiger partial charge in [0.05, 0.1) is 12.6 Å². The summed E-state index contributed by atoms with van der Waals surface area (Å²) in [5.41, 5.74) is 2.11. The maximum atomic E-state index is 5.53. The maximum absolute atomic E-state index is 5.53. The Morgan fingerprint density at radius 3 is 2.68 bits per heavy atom. The lowest BCUT2D eigenvalue weighted by molar-refractivity contribution is 0.171. The van der Waals surface area contributed by atoms with Gasteiger partial charge in [-0.1, -0.05) is 12.1 Å². The number of aromatic nitrogens is 2. The Kier molecular flexibility index (Phi) is 6.58. The van der Waals surface area contributed by atoms with E-state index in [9.17, 15) is 0 Å². The number of rotatable bonds is 8. The Hall–Kier alpha value is -3.26. The molecule has 2 heterocycles. The van der Waals surface area contributed by atoms with E-state index >= 15 is 0 Å². The minimum Gasteiger partial charge on any atom is -0.493 e. The average molecular weight is 464 g/mol. The quantitative estimate of drug-likeness (QED) is 0.515. The van der Waals surface area contributed by atoms with Gasteiger partial charge >= 0.3 is 0 Å². The van der Waals surface area contributed by atoms with Gasteiger partial charge in [0.2, 0.25) is 18.5 Å². The molecule has 1 fully saturated rings. The first kappa shape index (κ1) is 22.5. The number of para-hydroxylation sites is 1. The zero-order valence-electron chi connectivity index (χ0n) is 20.1. The summed E-state index contributed by atoms with van der Waals surface area (Å²) in [5, 5.41) is 8.29. The van der Waals surface area contributed by atoms with Crippen molar-refractivity contribution in [1.82, 2.24) is 15.3 Å². The number of fused-ring (bicyclic) bond motifs is 2. The minimum absolute atomic E-state index is 0.251. The van der Waals surface area contributed by atoms with Gasteiger partial charge in [-0.05, 0) is 68.0 Å². The number of anilines is 2. The van der Waals surface area contributed by atoms with E-state index in [4.69, 9.17) is 24.2 Å². The predicted octanol–water partition coefficient (Wildman–Crippen LogP) is 4.19. The fourth-order valence-corrected chi connectivity index (χ4v) is 4.87. The Balaban J connectivity index is 1.13. The van der Waals surface area contributed by atoms with Gasteiger partial charge in [0.1, 0.15) is 5.82 Å². The second-order valence-electron chi connectivity index (χ2n) is 9.31. The van der Waals surface area contributed by atoms with Crippen molar-refractivity contribution in [3.05, 3.63) is 42.0 Å². The van der Waals surface area contributed by atoms with Crippen molar-refractivity contribution in [2.75, 3.05) is 44.8 Å². The molecule has 180 valence electrons. The summed E-state index contributed by atoms with van der Waals surface area (Å²) in [6.45, 7) is 2.03. The fraction of sp³-hybridized carbons (Fsp3) is 0.462. The van der Waals surface area contributed by atoms with Crippen LogP contribution in [0.5, 0.6) is 17.2 Å². The molecule has 1 aliphatic heterocycles. The number of hydrogen-bond acceptors (Lipinski definition) is 8. The monoisotopic (exact) mass is 463 g/mol. The first-order valence-electron chi connectivity index (χ1n) is 12.0. The average Bonchev–Trinajstić information content (AvgIpc) is 3.33. The van der Waals surface area contributed by atoms with Crippen molar-refractivity contribution < 1.29 is 14.2 Å². The normalized spacial score (nSPS) is 19.3. The molecular weight excluding hydrogens is 430 g/mol. The third kappa shape index (κ3) is 4.82. The van der Waals surface area contributed by atoms with Crippen molar-refractivity contribution in [3.8, 4) is 17.2 Å². The van der Waals surface area contributed by atoms with Crippen LogP contribution in [0.15, 0.2) is 36.4 Å². The van der Waals surface area contributed by atoms with Crippen molar-refractivity contribution >= 4 is 22.7 Å². The van der Waals surface area contributed by atoms with Gasteiger partial charge in [-0.2, -0.15) is 4.98 Å². The molecule has 0 amide bonds. The van der Waals surface area contributed by atoms with Crippen LogP contribution in [0.25, 0.3) is 10.9 Å². The number of hydrogen-bond donors (Lipinski definition) is 2. The van der Waals surface area contributed by atoms with E-state index in [1.165, 1.54) is 12.8 Å². The molecule has 34 heavy (non-hydrogen) atoms. The molecule has 8 nitrogen and oxygen atoms in total. The molecule has 1 aromatic heterocycles. The van der Waals surface area contributed by atoms with Gasteiger partial charge < -0.3 is 29.7 Å². The Morgan fingerprint density at radius 1 is 1.06 bits per heavy atom. The van der Waals surface area contributed by atoms with Crippen LogP contribution in [-0.4, -0.2) is 50.6 Å². The van der Waals surface area contributed by atoms with Gasteiger partial charge in [0.15, 0.2) is 11.5 Å². The van der Waals surface area contributed by atoms with Crippen LogP contribution in [0.4, 0.5) is 11.8 Å². The van der Waals surface area contributed by atoms with Gasteiger partial charge in [-0.3, -0.25) is 0 Å².